The van der Waals surface area contributed by atoms with Crippen LogP contribution < -0.4 is 14.4 Å². The van der Waals surface area contributed by atoms with E-state index < -0.39 is 21.2 Å². The van der Waals surface area contributed by atoms with E-state index in [2.05, 4.69) is 45.7 Å². The quantitative estimate of drug-likeness (QED) is 0.311. The molecular formula is C42H58ClN3O4S. The molecule has 7 rings (SSSR count). The van der Waals surface area contributed by atoms with E-state index in [9.17, 15) is 13.2 Å². The summed E-state index contributed by atoms with van der Waals surface area (Å²) in [6, 6.07) is 11.7. The third-order valence-electron chi connectivity index (χ3n) is 13.2. The van der Waals surface area contributed by atoms with Gasteiger partial charge >= 0.3 is 0 Å². The monoisotopic (exact) mass is 735 g/mol. The number of benzene rings is 2. The van der Waals surface area contributed by atoms with Crippen LogP contribution in [0.5, 0.6) is 5.75 Å². The first-order chi connectivity index (χ1) is 24.6. The van der Waals surface area contributed by atoms with Crippen LogP contribution in [-0.4, -0.2) is 63.8 Å². The van der Waals surface area contributed by atoms with Crippen LogP contribution in [0.3, 0.4) is 0 Å². The van der Waals surface area contributed by atoms with E-state index in [4.69, 9.17) is 16.3 Å². The number of carbonyl (C=O) groups is 1. The Hall–Kier alpha value is -2.55. The SMILES string of the molecule is CCCc1cc(Cl)ccc1[C@@H]1COc2ccc3cc2N(C1)C[C@@H]1CC[C@H]1[C@@H](CN1CC[C@H]2CCCC[C@@H]2C1)/C=C/C[C@H](C)[C@@H](C)S(=O)(=O)NC3=O. The van der Waals surface area contributed by atoms with E-state index in [0.717, 1.165) is 60.8 Å². The molecule has 3 aliphatic heterocycles. The molecule has 2 aromatic rings. The fourth-order valence-corrected chi connectivity index (χ4v) is 11.3. The minimum Gasteiger partial charge on any atom is -0.491 e. The number of hydrogen-bond donors (Lipinski definition) is 1. The molecule has 1 saturated heterocycles. The molecule has 3 heterocycles. The molecule has 0 spiro atoms. The van der Waals surface area contributed by atoms with Gasteiger partial charge in [-0.2, -0.15) is 0 Å². The standard InChI is InChI=1S/C42H58ClN3O4S/c1-4-8-31-21-37(43)15-17-38(31)36-26-46-25-35-13-16-39(35)34(24-45-20-19-30-10-5-6-11-33(30)23-45)12-7-9-28(2)29(3)51(48,49)44-42(47)32-14-18-41(50-27-36)40(46)22-32/h7,12,14-15,17-18,21-22,28-30,33-36,39H,4-6,8-11,13,16,19-20,23-27H2,1-3H3,(H,44,47)/b12-7+/t28-,29+,30+,33+,34+,35-,36-,39-/m0/s1. The molecule has 5 aliphatic rings. The van der Waals surface area contributed by atoms with Crippen LogP contribution in [0, 0.1) is 35.5 Å². The third kappa shape index (κ3) is 8.18. The molecule has 0 aromatic heterocycles. The van der Waals surface area contributed by atoms with Crippen molar-refractivity contribution in [3.05, 3.63) is 70.3 Å². The van der Waals surface area contributed by atoms with Crippen LogP contribution in [0.25, 0.3) is 0 Å². The van der Waals surface area contributed by atoms with Crippen molar-refractivity contribution >= 4 is 33.2 Å². The number of anilines is 1. The maximum Gasteiger partial charge on any atom is 0.264 e. The Morgan fingerprint density at radius 1 is 0.941 bits per heavy atom. The summed E-state index contributed by atoms with van der Waals surface area (Å²) in [6.45, 7) is 11.5. The normalized spacial score (nSPS) is 33.4. The van der Waals surface area contributed by atoms with Crippen molar-refractivity contribution < 1.29 is 17.9 Å². The number of ether oxygens (including phenoxy) is 1. The zero-order chi connectivity index (χ0) is 35.7. The molecular weight excluding hydrogens is 678 g/mol. The third-order valence-corrected chi connectivity index (χ3v) is 15.4. The Morgan fingerprint density at radius 3 is 2.55 bits per heavy atom. The topological polar surface area (TPSA) is 79.0 Å². The number of halogens is 1. The highest BCUT2D eigenvalue weighted by molar-refractivity contribution is 7.90. The van der Waals surface area contributed by atoms with Crippen molar-refractivity contribution in [1.82, 2.24) is 9.62 Å². The van der Waals surface area contributed by atoms with E-state index in [-0.39, 0.29) is 11.8 Å². The number of carbonyl (C=O) groups excluding carboxylic acids is 1. The highest BCUT2D eigenvalue weighted by Crippen LogP contribution is 2.45. The van der Waals surface area contributed by atoms with E-state index in [0.29, 0.717) is 36.3 Å². The number of piperidine rings is 1. The molecule has 1 amide bonds. The Balaban J connectivity index is 1.22. The molecule has 0 radical (unpaired) electrons. The largest absolute Gasteiger partial charge is 0.491 e. The van der Waals surface area contributed by atoms with E-state index in [1.165, 1.54) is 69.2 Å². The van der Waals surface area contributed by atoms with Gasteiger partial charge in [0.1, 0.15) is 5.75 Å². The molecule has 278 valence electrons. The van der Waals surface area contributed by atoms with Gasteiger partial charge in [-0.25, -0.2) is 13.1 Å². The van der Waals surface area contributed by atoms with Gasteiger partial charge in [-0.15, -0.1) is 0 Å². The number of rotatable bonds is 5. The summed E-state index contributed by atoms with van der Waals surface area (Å²) in [5.41, 5.74) is 3.74. The number of nitrogens with zero attached hydrogens (tertiary/aromatic N) is 2. The molecule has 2 bridgehead atoms. The van der Waals surface area contributed by atoms with Crippen LogP contribution in [-0.2, 0) is 16.4 Å². The smallest absolute Gasteiger partial charge is 0.264 e. The maximum atomic E-state index is 13.6. The number of hydrogen-bond acceptors (Lipinski definition) is 6. The van der Waals surface area contributed by atoms with Crippen molar-refractivity contribution in [2.24, 2.45) is 35.5 Å². The van der Waals surface area contributed by atoms with Gasteiger partial charge in [0.2, 0.25) is 10.0 Å². The molecule has 8 atom stereocenters. The lowest BCUT2D eigenvalue weighted by atomic mass is 9.66. The Bertz CT molecular complexity index is 1700. The molecule has 9 heteroatoms. The maximum absolute atomic E-state index is 13.6. The number of sulfonamides is 1. The molecule has 7 nitrogen and oxygen atoms in total. The number of aryl methyl sites for hydroxylation is 1. The van der Waals surface area contributed by atoms with Gasteiger partial charge in [0.15, 0.2) is 0 Å². The fourth-order valence-electron chi connectivity index (χ4n) is 9.85. The fraction of sp³-hybridized carbons (Fsp3) is 0.643. The average Bonchev–Trinajstić information content (AvgIpc) is 3.28. The molecule has 51 heavy (non-hydrogen) atoms. The summed E-state index contributed by atoms with van der Waals surface area (Å²) in [5.74, 6) is 3.38. The van der Waals surface area contributed by atoms with Crippen molar-refractivity contribution in [1.29, 1.82) is 0 Å². The van der Waals surface area contributed by atoms with Crippen molar-refractivity contribution in [3.8, 4) is 5.75 Å². The lowest BCUT2D eigenvalue weighted by molar-refractivity contribution is 0.0508. The Labute approximate surface area is 311 Å². The Morgan fingerprint density at radius 2 is 1.76 bits per heavy atom. The van der Waals surface area contributed by atoms with Crippen LogP contribution in [0.2, 0.25) is 5.02 Å². The summed E-state index contributed by atoms with van der Waals surface area (Å²) in [7, 11) is -3.89. The van der Waals surface area contributed by atoms with E-state index in [1.807, 2.05) is 25.1 Å². The number of nitrogens with one attached hydrogen (secondary N) is 1. The average molecular weight is 736 g/mol. The van der Waals surface area contributed by atoms with Gasteiger partial charge < -0.3 is 14.5 Å². The number of likely N-dealkylation sites (tertiary alicyclic amines) is 1. The van der Waals surface area contributed by atoms with Gasteiger partial charge in [0.05, 0.1) is 17.5 Å². The van der Waals surface area contributed by atoms with Crippen LogP contribution in [0.15, 0.2) is 48.6 Å². The summed E-state index contributed by atoms with van der Waals surface area (Å²) in [5, 5.41) is 0.0424. The first kappa shape index (κ1) is 36.8. The lowest BCUT2D eigenvalue weighted by Crippen LogP contribution is -2.48. The second kappa shape index (κ2) is 15.8. The summed E-state index contributed by atoms with van der Waals surface area (Å²) >= 11 is 6.49. The highest BCUT2D eigenvalue weighted by atomic mass is 35.5. The van der Waals surface area contributed by atoms with E-state index in [1.54, 1.807) is 13.0 Å². The number of fused-ring (bicyclic) bond motifs is 3. The number of amides is 1. The first-order valence-electron chi connectivity index (χ1n) is 19.8. The minimum atomic E-state index is -3.89. The zero-order valence-electron chi connectivity index (χ0n) is 30.9. The van der Waals surface area contributed by atoms with Crippen molar-refractivity contribution in [3.63, 3.8) is 0 Å². The summed E-state index contributed by atoms with van der Waals surface area (Å²) in [6.07, 6.45) is 16.6. The van der Waals surface area contributed by atoms with E-state index >= 15 is 0 Å². The highest BCUT2D eigenvalue weighted by Gasteiger charge is 2.41. The van der Waals surface area contributed by atoms with Crippen molar-refractivity contribution in [2.45, 2.75) is 96.1 Å². The lowest BCUT2D eigenvalue weighted by Gasteiger charge is -2.47. The first-order valence-corrected chi connectivity index (χ1v) is 21.8. The molecule has 0 unspecified atom stereocenters. The van der Waals surface area contributed by atoms with Gasteiger partial charge in [-0.3, -0.25) is 4.79 Å². The molecule has 2 saturated carbocycles. The zero-order valence-corrected chi connectivity index (χ0v) is 32.4. The predicted octanol–water partition coefficient (Wildman–Crippen LogP) is 8.47. The van der Waals surface area contributed by atoms with Gasteiger partial charge in [0.25, 0.3) is 5.91 Å². The molecule has 2 aromatic carbocycles. The van der Waals surface area contributed by atoms with Gasteiger partial charge in [-0.1, -0.05) is 69.4 Å². The molecule has 3 fully saturated rings. The van der Waals surface area contributed by atoms with Crippen LogP contribution in [0.4, 0.5) is 5.69 Å². The van der Waals surface area contributed by atoms with Crippen molar-refractivity contribution in [2.75, 3.05) is 44.2 Å². The second-order valence-electron chi connectivity index (χ2n) is 16.5. The molecule has 1 N–H and O–H groups in total. The molecule has 2 aliphatic carbocycles. The van der Waals surface area contributed by atoms with Gasteiger partial charge in [-0.05, 0) is 129 Å². The predicted molar refractivity (Wildman–Crippen MR) is 207 cm³/mol. The van der Waals surface area contributed by atoms with Crippen LogP contribution in [0.1, 0.15) is 106 Å². The van der Waals surface area contributed by atoms with Gasteiger partial charge in [0, 0.05) is 42.7 Å². The summed E-state index contributed by atoms with van der Waals surface area (Å²) in [4.78, 5) is 18.8. The number of allylic oxidation sites excluding steroid dienone is 1. The second-order valence-corrected chi connectivity index (χ2v) is 19.0. The van der Waals surface area contributed by atoms with Crippen LogP contribution >= 0.6 is 11.6 Å². The Kier molecular flexibility index (Phi) is 11.4. The minimum absolute atomic E-state index is 0.118. The summed E-state index contributed by atoms with van der Waals surface area (Å²) < 4.78 is 36.0.